The normalized spacial score (nSPS) is 13.4. The highest BCUT2D eigenvalue weighted by Crippen LogP contribution is 2.32. The summed E-state index contributed by atoms with van der Waals surface area (Å²) in [6.07, 6.45) is 0.835. The van der Waals surface area contributed by atoms with Crippen molar-refractivity contribution in [2.24, 2.45) is 0 Å². The zero-order valence-corrected chi connectivity index (χ0v) is 15.8. The monoisotopic (exact) mass is 377 g/mol. The average molecular weight is 377 g/mol. The van der Waals surface area contributed by atoms with Crippen LogP contribution in [-0.4, -0.2) is 48.7 Å². The summed E-state index contributed by atoms with van der Waals surface area (Å²) in [5, 5.41) is 15.6. The molecule has 8 nitrogen and oxygen atoms in total. The molecule has 1 heterocycles. The van der Waals surface area contributed by atoms with Gasteiger partial charge in [0.05, 0.1) is 17.0 Å². The summed E-state index contributed by atoms with van der Waals surface area (Å²) in [5.41, 5.74) is -0.715. The average Bonchev–Trinajstić information content (AvgIpc) is 2.99. The van der Waals surface area contributed by atoms with E-state index in [1.165, 1.54) is 25.6 Å². The van der Waals surface area contributed by atoms with E-state index in [0.717, 1.165) is 4.88 Å². The van der Waals surface area contributed by atoms with Gasteiger partial charge in [-0.15, -0.1) is 11.3 Å². The standard InChI is InChI=1S/C14H23N3O5S2/c1-5-22-13(19)16-12(23)17-14(2,6-7-18)9-8-15-10(24-9)11(20-3)21-4/h8,11,18H,5-7H2,1-4H3,(H2,16,17,19,23)/t14-/m0/s1. The van der Waals surface area contributed by atoms with Crippen LogP contribution in [0, 0.1) is 0 Å². The predicted octanol–water partition coefficient (Wildman–Crippen LogP) is 1.65. The molecule has 0 saturated heterocycles. The molecule has 24 heavy (non-hydrogen) atoms. The first-order valence-electron chi connectivity index (χ1n) is 7.28. The molecular formula is C14H23N3O5S2. The molecule has 136 valence electrons. The number of amides is 1. The second-order valence-electron chi connectivity index (χ2n) is 4.97. The third-order valence-corrected chi connectivity index (χ3v) is 4.68. The fourth-order valence-electron chi connectivity index (χ4n) is 1.96. The number of hydrogen-bond donors (Lipinski definition) is 3. The topological polar surface area (TPSA) is 102 Å². The summed E-state index contributed by atoms with van der Waals surface area (Å²) in [4.78, 5) is 16.6. The molecule has 0 aliphatic heterocycles. The Morgan fingerprint density at radius 2 is 2.17 bits per heavy atom. The number of aliphatic hydroxyl groups excluding tert-OH is 1. The molecule has 0 spiro atoms. The molecule has 1 aromatic rings. The molecule has 0 radical (unpaired) electrons. The van der Waals surface area contributed by atoms with Crippen molar-refractivity contribution >= 4 is 34.8 Å². The highest BCUT2D eigenvalue weighted by atomic mass is 32.1. The van der Waals surface area contributed by atoms with E-state index in [4.69, 9.17) is 26.4 Å². The van der Waals surface area contributed by atoms with Gasteiger partial charge in [-0.2, -0.15) is 0 Å². The van der Waals surface area contributed by atoms with Crippen LogP contribution >= 0.6 is 23.6 Å². The molecule has 0 saturated carbocycles. The van der Waals surface area contributed by atoms with E-state index in [9.17, 15) is 9.90 Å². The lowest BCUT2D eigenvalue weighted by Crippen LogP contribution is -2.49. The van der Waals surface area contributed by atoms with Crippen LogP contribution in [0.5, 0.6) is 0 Å². The van der Waals surface area contributed by atoms with Crippen molar-refractivity contribution in [3.8, 4) is 0 Å². The Hall–Kier alpha value is -1.33. The summed E-state index contributed by atoms with van der Waals surface area (Å²) >= 11 is 6.51. The lowest BCUT2D eigenvalue weighted by Gasteiger charge is -2.30. The van der Waals surface area contributed by atoms with Crippen LogP contribution in [0.1, 0.15) is 36.4 Å². The molecule has 3 N–H and O–H groups in total. The molecule has 0 bridgehead atoms. The van der Waals surface area contributed by atoms with Gasteiger partial charge < -0.3 is 24.6 Å². The summed E-state index contributed by atoms with van der Waals surface area (Å²) in [6, 6.07) is 0. The van der Waals surface area contributed by atoms with Gasteiger partial charge in [0.15, 0.2) is 5.11 Å². The van der Waals surface area contributed by atoms with E-state index in [0.29, 0.717) is 11.4 Å². The Bertz CT molecular complexity index is 550. The fourth-order valence-corrected chi connectivity index (χ4v) is 3.37. The van der Waals surface area contributed by atoms with Crippen molar-refractivity contribution in [1.29, 1.82) is 0 Å². The number of hydrogen-bond acceptors (Lipinski definition) is 8. The molecule has 0 unspecified atom stereocenters. The molecule has 0 aromatic carbocycles. The number of carbonyl (C=O) groups excluding carboxylic acids is 1. The number of thiocarbonyl (C=S) groups is 1. The molecule has 1 rings (SSSR count). The van der Waals surface area contributed by atoms with Crippen LogP contribution in [0.25, 0.3) is 0 Å². The van der Waals surface area contributed by atoms with Crippen LogP contribution in [0.15, 0.2) is 6.20 Å². The van der Waals surface area contributed by atoms with E-state index >= 15 is 0 Å². The summed E-state index contributed by atoms with van der Waals surface area (Å²) < 4.78 is 15.2. The molecule has 1 amide bonds. The van der Waals surface area contributed by atoms with Crippen molar-refractivity contribution in [3.63, 3.8) is 0 Å². The highest BCUT2D eigenvalue weighted by Gasteiger charge is 2.31. The molecule has 0 aliphatic rings. The lowest BCUT2D eigenvalue weighted by atomic mass is 9.97. The number of rotatable bonds is 8. The van der Waals surface area contributed by atoms with E-state index in [1.54, 1.807) is 13.1 Å². The molecule has 1 atom stereocenters. The van der Waals surface area contributed by atoms with E-state index in [1.807, 2.05) is 6.92 Å². The highest BCUT2D eigenvalue weighted by molar-refractivity contribution is 7.80. The number of aromatic nitrogens is 1. The van der Waals surface area contributed by atoms with Gasteiger partial charge >= 0.3 is 6.09 Å². The first-order valence-corrected chi connectivity index (χ1v) is 8.51. The van der Waals surface area contributed by atoms with Crippen LogP contribution in [-0.2, 0) is 19.7 Å². The number of methoxy groups -OCH3 is 2. The Kier molecular flexibility index (Phi) is 8.50. The maximum Gasteiger partial charge on any atom is 0.413 e. The van der Waals surface area contributed by atoms with Gasteiger partial charge in [-0.05, 0) is 32.5 Å². The molecule has 10 heteroatoms. The Morgan fingerprint density at radius 1 is 1.50 bits per heavy atom. The Morgan fingerprint density at radius 3 is 2.71 bits per heavy atom. The van der Waals surface area contributed by atoms with Crippen molar-refractivity contribution in [3.05, 3.63) is 16.1 Å². The zero-order chi connectivity index (χ0) is 18.2. The molecule has 0 aliphatic carbocycles. The first kappa shape index (κ1) is 20.7. The Labute approximate surface area is 150 Å². The second-order valence-corrected chi connectivity index (χ2v) is 6.44. The van der Waals surface area contributed by atoms with E-state index in [-0.39, 0.29) is 18.3 Å². The minimum absolute atomic E-state index is 0.0727. The SMILES string of the molecule is CCOC(=O)NC(=S)N[C@@](C)(CCO)c1cnc(C(OC)OC)s1. The van der Waals surface area contributed by atoms with Gasteiger partial charge in [0.25, 0.3) is 0 Å². The maximum atomic E-state index is 11.5. The van der Waals surface area contributed by atoms with Gasteiger partial charge in [-0.3, -0.25) is 5.32 Å². The van der Waals surface area contributed by atoms with E-state index < -0.39 is 17.9 Å². The van der Waals surface area contributed by atoms with Gasteiger partial charge in [-0.25, -0.2) is 9.78 Å². The third kappa shape index (κ3) is 5.64. The third-order valence-electron chi connectivity index (χ3n) is 3.19. The van der Waals surface area contributed by atoms with Crippen LogP contribution < -0.4 is 10.6 Å². The van der Waals surface area contributed by atoms with Gasteiger partial charge in [0.2, 0.25) is 6.29 Å². The number of thiazole rings is 1. The van der Waals surface area contributed by atoms with Crippen molar-refractivity contribution in [1.82, 2.24) is 15.6 Å². The number of nitrogens with zero attached hydrogens (tertiary/aromatic N) is 1. The number of carbonyl (C=O) groups is 1. The lowest BCUT2D eigenvalue weighted by molar-refractivity contribution is -0.106. The van der Waals surface area contributed by atoms with Gasteiger partial charge in [0.1, 0.15) is 5.01 Å². The van der Waals surface area contributed by atoms with Gasteiger partial charge in [-0.1, -0.05) is 0 Å². The molecule has 0 fully saturated rings. The number of alkyl carbamates (subject to hydrolysis) is 1. The minimum Gasteiger partial charge on any atom is -0.450 e. The smallest absolute Gasteiger partial charge is 0.413 e. The van der Waals surface area contributed by atoms with Crippen molar-refractivity contribution in [2.75, 3.05) is 27.4 Å². The molecular weight excluding hydrogens is 354 g/mol. The minimum atomic E-state index is -0.715. The van der Waals surface area contributed by atoms with Gasteiger partial charge in [0, 0.05) is 27.0 Å². The molecule has 1 aromatic heterocycles. The number of aliphatic hydroxyl groups is 1. The van der Waals surface area contributed by atoms with E-state index in [2.05, 4.69) is 15.6 Å². The predicted molar refractivity (Wildman–Crippen MR) is 93.8 cm³/mol. The van der Waals surface area contributed by atoms with Crippen molar-refractivity contribution in [2.45, 2.75) is 32.1 Å². The summed E-state index contributed by atoms with van der Waals surface area (Å²) in [5.74, 6) is 0. The largest absolute Gasteiger partial charge is 0.450 e. The Balaban J connectivity index is 2.91. The second kappa shape index (κ2) is 9.84. The fraction of sp³-hybridized carbons (Fsp3) is 0.643. The first-order chi connectivity index (χ1) is 11.4. The van der Waals surface area contributed by atoms with Crippen molar-refractivity contribution < 1.29 is 24.1 Å². The van der Waals surface area contributed by atoms with Crippen LogP contribution in [0.2, 0.25) is 0 Å². The number of nitrogens with one attached hydrogen (secondary N) is 2. The zero-order valence-electron chi connectivity index (χ0n) is 14.1. The summed E-state index contributed by atoms with van der Waals surface area (Å²) in [7, 11) is 3.05. The summed E-state index contributed by atoms with van der Waals surface area (Å²) in [6.45, 7) is 3.73. The van der Waals surface area contributed by atoms with Crippen LogP contribution in [0.3, 0.4) is 0 Å². The maximum absolute atomic E-state index is 11.5. The van der Waals surface area contributed by atoms with Crippen LogP contribution in [0.4, 0.5) is 4.79 Å². The quantitative estimate of drug-likeness (QED) is 0.464. The number of ether oxygens (including phenoxy) is 3.